The van der Waals surface area contributed by atoms with E-state index in [0.717, 1.165) is 5.56 Å². The molecule has 17 heavy (non-hydrogen) atoms. The van der Waals surface area contributed by atoms with Gasteiger partial charge in [0.1, 0.15) is 0 Å². The van der Waals surface area contributed by atoms with E-state index >= 15 is 0 Å². The molecule has 3 rings (SSSR count). The zero-order valence-electron chi connectivity index (χ0n) is 8.94. The molecule has 1 aromatic carbocycles. The Morgan fingerprint density at radius 3 is 2.71 bits per heavy atom. The van der Waals surface area contributed by atoms with Crippen LogP contribution in [0.1, 0.15) is 5.56 Å². The van der Waals surface area contributed by atoms with Crippen molar-refractivity contribution in [2.45, 2.75) is 6.92 Å². The monoisotopic (exact) mass is 228 g/mol. The van der Waals surface area contributed by atoms with E-state index < -0.39 is 11.2 Å². The van der Waals surface area contributed by atoms with Gasteiger partial charge in [0.2, 0.25) is 0 Å². The fraction of sp³-hybridized carbons (Fsp3) is 0.0909. The molecular weight excluding hydrogens is 220 g/mol. The van der Waals surface area contributed by atoms with Gasteiger partial charge in [0.05, 0.1) is 11.0 Å². The third kappa shape index (κ3) is 1.42. The van der Waals surface area contributed by atoms with Crippen LogP contribution < -0.4 is 11.2 Å². The number of H-pyrrole nitrogens is 2. The molecule has 0 saturated carbocycles. The number of nitrogens with one attached hydrogen (secondary N) is 2. The highest BCUT2D eigenvalue weighted by atomic mass is 16.2. The maximum atomic E-state index is 11.6. The van der Waals surface area contributed by atoms with E-state index in [-0.39, 0.29) is 11.2 Å². The molecule has 84 valence electrons. The number of nitrogens with zero attached hydrogens (tertiary/aromatic N) is 2. The highest BCUT2D eigenvalue weighted by Crippen LogP contribution is 2.15. The van der Waals surface area contributed by atoms with Crippen molar-refractivity contribution in [3.05, 3.63) is 44.6 Å². The zero-order chi connectivity index (χ0) is 12.0. The summed E-state index contributed by atoms with van der Waals surface area (Å²) in [5.41, 5.74) is 1.49. The smallest absolute Gasteiger partial charge is 0.290 e. The van der Waals surface area contributed by atoms with Gasteiger partial charge in [0, 0.05) is 0 Å². The summed E-state index contributed by atoms with van der Waals surface area (Å²) >= 11 is 0. The first-order valence-corrected chi connectivity index (χ1v) is 5.05. The minimum atomic E-state index is -0.580. The van der Waals surface area contributed by atoms with Gasteiger partial charge >= 0.3 is 5.69 Å². The largest absolute Gasteiger partial charge is 0.327 e. The first-order chi connectivity index (χ1) is 8.15. The van der Waals surface area contributed by atoms with E-state index in [1.54, 1.807) is 6.07 Å². The third-order valence-electron chi connectivity index (χ3n) is 2.57. The predicted octanol–water partition coefficient (Wildman–Crippen LogP) is 0.468. The Labute approximate surface area is 94.4 Å². The summed E-state index contributed by atoms with van der Waals surface area (Å²) in [6.45, 7) is 1.89. The number of para-hydroxylation sites is 1. The SMILES string of the molecule is Cc1cccc2nc3[nH]c(=O)[nH]c(=O)c3nc12. The van der Waals surface area contributed by atoms with Gasteiger partial charge in [0.15, 0.2) is 11.2 Å². The molecule has 0 amide bonds. The van der Waals surface area contributed by atoms with E-state index in [1.807, 2.05) is 19.1 Å². The summed E-state index contributed by atoms with van der Waals surface area (Å²) in [5, 5.41) is 0. The van der Waals surface area contributed by atoms with Crippen molar-refractivity contribution in [1.29, 1.82) is 0 Å². The van der Waals surface area contributed by atoms with Crippen molar-refractivity contribution < 1.29 is 0 Å². The van der Waals surface area contributed by atoms with E-state index in [0.29, 0.717) is 11.0 Å². The van der Waals surface area contributed by atoms with Crippen LogP contribution in [0.4, 0.5) is 0 Å². The van der Waals surface area contributed by atoms with E-state index in [9.17, 15) is 9.59 Å². The summed E-state index contributed by atoms with van der Waals surface area (Å²) in [5.74, 6) is 0. The van der Waals surface area contributed by atoms with Crippen LogP contribution in [-0.4, -0.2) is 19.9 Å². The van der Waals surface area contributed by atoms with Crippen LogP contribution in [0.25, 0.3) is 22.2 Å². The molecule has 0 atom stereocenters. The van der Waals surface area contributed by atoms with Crippen molar-refractivity contribution in [1.82, 2.24) is 19.9 Å². The van der Waals surface area contributed by atoms with Gasteiger partial charge in [-0.15, -0.1) is 0 Å². The highest BCUT2D eigenvalue weighted by molar-refractivity contribution is 5.85. The number of aryl methyl sites for hydroxylation is 1. The number of aromatic nitrogens is 4. The number of aromatic amines is 2. The fourth-order valence-electron chi connectivity index (χ4n) is 1.76. The van der Waals surface area contributed by atoms with Crippen molar-refractivity contribution >= 4 is 22.2 Å². The van der Waals surface area contributed by atoms with Gasteiger partial charge in [-0.05, 0) is 18.6 Å². The number of rotatable bonds is 0. The van der Waals surface area contributed by atoms with Crippen molar-refractivity contribution in [3.8, 4) is 0 Å². The highest BCUT2D eigenvalue weighted by Gasteiger charge is 2.07. The topological polar surface area (TPSA) is 91.5 Å². The second-order valence-corrected chi connectivity index (χ2v) is 3.77. The molecule has 0 saturated heterocycles. The molecule has 3 aromatic rings. The Morgan fingerprint density at radius 2 is 1.88 bits per heavy atom. The lowest BCUT2D eigenvalue weighted by atomic mass is 10.2. The molecule has 6 nitrogen and oxygen atoms in total. The Kier molecular flexibility index (Phi) is 1.85. The lowest BCUT2D eigenvalue weighted by Gasteiger charge is -2.01. The number of hydrogen-bond donors (Lipinski definition) is 2. The molecule has 2 heterocycles. The van der Waals surface area contributed by atoms with Crippen LogP contribution in [0.3, 0.4) is 0 Å². The summed E-state index contributed by atoms with van der Waals surface area (Å²) in [6, 6.07) is 5.53. The minimum absolute atomic E-state index is 0.145. The van der Waals surface area contributed by atoms with E-state index in [2.05, 4.69) is 19.9 Å². The summed E-state index contributed by atoms with van der Waals surface area (Å²) in [7, 11) is 0. The Bertz CT molecular complexity index is 847. The first-order valence-electron chi connectivity index (χ1n) is 5.05. The fourth-order valence-corrected chi connectivity index (χ4v) is 1.76. The first kappa shape index (κ1) is 9.71. The van der Waals surface area contributed by atoms with Crippen molar-refractivity contribution in [2.24, 2.45) is 0 Å². The van der Waals surface area contributed by atoms with Crippen LogP contribution in [0.15, 0.2) is 27.8 Å². The summed E-state index contributed by atoms with van der Waals surface area (Å²) in [6.07, 6.45) is 0. The Hall–Kier alpha value is -2.50. The van der Waals surface area contributed by atoms with E-state index in [1.165, 1.54) is 0 Å². The second-order valence-electron chi connectivity index (χ2n) is 3.77. The quantitative estimate of drug-likeness (QED) is 0.547. The van der Waals surface area contributed by atoms with Crippen LogP contribution in [-0.2, 0) is 0 Å². The Balaban J connectivity index is 2.62. The molecule has 0 fully saturated rings. The molecule has 6 heteroatoms. The second kappa shape index (κ2) is 3.24. The molecular formula is C11H8N4O2. The van der Waals surface area contributed by atoms with E-state index in [4.69, 9.17) is 0 Å². The van der Waals surface area contributed by atoms with Crippen LogP contribution in [0.5, 0.6) is 0 Å². The third-order valence-corrected chi connectivity index (χ3v) is 2.57. The molecule has 0 aliphatic carbocycles. The van der Waals surface area contributed by atoms with Gasteiger partial charge in [-0.1, -0.05) is 12.1 Å². The summed E-state index contributed by atoms with van der Waals surface area (Å²) in [4.78, 5) is 35.8. The van der Waals surface area contributed by atoms with Crippen LogP contribution >= 0.6 is 0 Å². The average molecular weight is 228 g/mol. The molecule has 0 aliphatic heterocycles. The molecule has 0 spiro atoms. The number of benzene rings is 1. The van der Waals surface area contributed by atoms with Gasteiger partial charge < -0.3 is 0 Å². The molecule has 2 N–H and O–H groups in total. The van der Waals surface area contributed by atoms with Crippen LogP contribution in [0, 0.1) is 6.92 Å². The maximum Gasteiger partial charge on any atom is 0.327 e. The van der Waals surface area contributed by atoms with Gasteiger partial charge in [-0.25, -0.2) is 14.8 Å². The van der Waals surface area contributed by atoms with Gasteiger partial charge in [-0.3, -0.25) is 14.8 Å². The standard InChI is InChI=1S/C11H8N4O2/c1-5-3-2-4-6-7(5)13-8-9(12-6)14-11(17)15-10(8)16/h2-4H,1H3,(H2,12,14,15,16,17). The number of hydrogen-bond acceptors (Lipinski definition) is 4. The van der Waals surface area contributed by atoms with Gasteiger partial charge in [0.25, 0.3) is 5.56 Å². The predicted molar refractivity (Wildman–Crippen MR) is 63.0 cm³/mol. The molecule has 0 aliphatic rings. The van der Waals surface area contributed by atoms with Crippen molar-refractivity contribution in [2.75, 3.05) is 0 Å². The zero-order valence-corrected chi connectivity index (χ0v) is 8.94. The van der Waals surface area contributed by atoms with Crippen LogP contribution in [0.2, 0.25) is 0 Å². The number of fused-ring (bicyclic) bond motifs is 2. The lowest BCUT2D eigenvalue weighted by molar-refractivity contribution is 1.05. The molecule has 0 unspecified atom stereocenters. The lowest BCUT2D eigenvalue weighted by Crippen LogP contribution is -2.23. The molecule has 2 aromatic heterocycles. The Morgan fingerprint density at radius 1 is 1.06 bits per heavy atom. The summed E-state index contributed by atoms with van der Waals surface area (Å²) < 4.78 is 0. The van der Waals surface area contributed by atoms with Crippen molar-refractivity contribution in [3.63, 3.8) is 0 Å². The van der Waals surface area contributed by atoms with Gasteiger partial charge in [-0.2, -0.15) is 0 Å². The average Bonchev–Trinajstić information content (AvgIpc) is 2.27. The normalized spacial score (nSPS) is 11.1. The molecule has 0 radical (unpaired) electrons. The minimum Gasteiger partial charge on any atom is -0.290 e. The molecule has 0 bridgehead atoms. The maximum absolute atomic E-state index is 11.6.